The number of phenols is 1. The molecule has 78 valence electrons. The molecule has 0 amide bonds. The van der Waals surface area contributed by atoms with Gasteiger partial charge in [-0.3, -0.25) is 0 Å². The highest BCUT2D eigenvalue weighted by atomic mass is 16.5. The van der Waals surface area contributed by atoms with Crippen LogP contribution in [0.1, 0.15) is 0 Å². The molecule has 1 aromatic carbocycles. The quantitative estimate of drug-likeness (QED) is 0.783. The molecule has 0 spiro atoms. The Kier molecular flexibility index (Phi) is 2.17. The summed E-state index contributed by atoms with van der Waals surface area (Å²) >= 11 is 0. The molecular formula is C9H7NO5. The standard InChI is InChI=1S/C9H7NO5/c11-5-1-2-6-7(3-5)15-10-9(6)14-4-8(12)13/h1-3,11H,4H2,(H,12,13). The smallest absolute Gasteiger partial charge is 0.341 e. The van der Waals surface area contributed by atoms with Gasteiger partial charge in [0.2, 0.25) is 0 Å². The van der Waals surface area contributed by atoms with Crippen molar-refractivity contribution >= 4 is 16.9 Å². The minimum absolute atomic E-state index is 0.0448. The molecule has 2 N–H and O–H groups in total. The van der Waals surface area contributed by atoms with Crippen LogP contribution >= 0.6 is 0 Å². The maximum Gasteiger partial charge on any atom is 0.341 e. The van der Waals surface area contributed by atoms with Crippen LogP contribution in [0, 0.1) is 0 Å². The Morgan fingerprint density at radius 1 is 1.53 bits per heavy atom. The first-order valence-corrected chi connectivity index (χ1v) is 4.10. The fourth-order valence-corrected chi connectivity index (χ4v) is 1.14. The number of benzene rings is 1. The zero-order valence-electron chi connectivity index (χ0n) is 7.51. The number of aromatic nitrogens is 1. The molecule has 1 heterocycles. The average molecular weight is 209 g/mol. The van der Waals surface area contributed by atoms with Crippen molar-refractivity contribution in [2.24, 2.45) is 0 Å². The van der Waals surface area contributed by atoms with E-state index in [1.807, 2.05) is 0 Å². The van der Waals surface area contributed by atoms with Gasteiger partial charge in [-0.25, -0.2) is 4.79 Å². The van der Waals surface area contributed by atoms with E-state index >= 15 is 0 Å². The highest BCUT2D eigenvalue weighted by Gasteiger charge is 2.10. The summed E-state index contributed by atoms with van der Waals surface area (Å²) in [4.78, 5) is 10.3. The zero-order chi connectivity index (χ0) is 10.8. The lowest BCUT2D eigenvalue weighted by Gasteiger charge is -1.96. The summed E-state index contributed by atoms with van der Waals surface area (Å²) in [5.41, 5.74) is 0.343. The summed E-state index contributed by atoms with van der Waals surface area (Å²) < 4.78 is 9.71. The molecule has 2 aromatic rings. The van der Waals surface area contributed by atoms with E-state index in [1.165, 1.54) is 12.1 Å². The summed E-state index contributed by atoms with van der Waals surface area (Å²) in [6.07, 6.45) is 0. The predicted molar refractivity (Wildman–Crippen MR) is 48.8 cm³/mol. The summed E-state index contributed by atoms with van der Waals surface area (Å²) in [7, 11) is 0. The average Bonchev–Trinajstić information content (AvgIpc) is 2.57. The van der Waals surface area contributed by atoms with E-state index in [0.717, 1.165) is 0 Å². The van der Waals surface area contributed by atoms with Crippen LogP contribution in [0.15, 0.2) is 22.7 Å². The highest BCUT2D eigenvalue weighted by molar-refractivity contribution is 5.83. The van der Waals surface area contributed by atoms with Crippen LogP contribution in [-0.4, -0.2) is 27.9 Å². The van der Waals surface area contributed by atoms with Gasteiger partial charge in [-0.15, -0.1) is 0 Å². The Morgan fingerprint density at radius 3 is 3.07 bits per heavy atom. The molecule has 0 radical (unpaired) electrons. The molecule has 0 saturated heterocycles. The monoisotopic (exact) mass is 209 g/mol. The number of hydrogen-bond acceptors (Lipinski definition) is 5. The Morgan fingerprint density at radius 2 is 2.33 bits per heavy atom. The Balaban J connectivity index is 2.32. The Hall–Kier alpha value is -2.24. The van der Waals surface area contributed by atoms with Crippen molar-refractivity contribution < 1.29 is 24.3 Å². The fraction of sp³-hybridized carbons (Fsp3) is 0.111. The second-order valence-corrected chi connectivity index (χ2v) is 2.85. The van der Waals surface area contributed by atoms with E-state index in [-0.39, 0.29) is 11.6 Å². The van der Waals surface area contributed by atoms with E-state index in [9.17, 15) is 4.79 Å². The minimum atomic E-state index is -1.09. The van der Waals surface area contributed by atoms with Crippen molar-refractivity contribution in [3.63, 3.8) is 0 Å². The molecule has 0 aliphatic heterocycles. The van der Waals surface area contributed by atoms with E-state index < -0.39 is 12.6 Å². The minimum Gasteiger partial charge on any atom is -0.508 e. The van der Waals surface area contributed by atoms with Crippen LogP contribution in [-0.2, 0) is 4.79 Å². The number of ether oxygens (including phenoxy) is 1. The van der Waals surface area contributed by atoms with Gasteiger partial charge >= 0.3 is 5.97 Å². The number of carboxylic acid groups (broad SMARTS) is 1. The molecule has 0 fully saturated rings. The molecule has 0 aliphatic rings. The molecule has 0 atom stereocenters. The summed E-state index contributed by atoms with van der Waals surface area (Å²) in [5, 5.41) is 21.6. The van der Waals surface area contributed by atoms with Crippen LogP contribution in [0.25, 0.3) is 11.0 Å². The molecule has 6 heteroatoms. The second kappa shape index (κ2) is 3.49. The molecule has 0 saturated carbocycles. The SMILES string of the molecule is O=C(O)COc1noc2cc(O)ccc12. The third-order valence-corrected chi connectivity index (χ3v) is 1.75. The third-order valence-electron chi connectivity index (χ3n) is 1.75. The molecule has 0 bridgehead atoms. The molecule has 1 aromatic heterocycles. The number of carboxylic acids is 1. The van der Waals surface area contributed by atoms with E-state index in [0.29, 0.717) is 11.0 Å². The first-order valence-electron chi connectivity index (χ1n) is 4.10. The number of fused-ring (bicyclic) bond motifs is 1. The summed E-state index contributed by atoms with van der Waals surface area (Å²) in [6.45, 7) is -0.484. The number of aromatic hydroxyl groups is 1. The van der Waals surface area contributed by atoms with Crippen LogP contribution < -0.4 is 4.74 Å². The van der Waals surface area contributed by atoms with Crippen molar-refractivity contribution in [2.45, 2.75) is 0 Å². The number of rotatable bonds is 3. The number of carbonyl (C=O) groups is 1. The molecule has 2 rings (SSSR count). The van der Waals surface area contributed by atoms with Crippen LogP contribution in [0.5, 0.6) is 11.6 Å². The van der Waals surface area contributed by atoms with Gasteiger partial charge in [-0.1, -0.05) is 0 Å². The van der Waals surface area contributed by atoms with Gasteiger partial charge < -0.3 is 19.5 Å². The van der Waals surface area contributed by atoms with E-state index in [4.69, 9.17) is 19.5 Å². The second-order valence-electron chi connectivity index (χ2n) is 2.85. The van der Waals surface area contributed by atoms with Gasteiger partial charge in [0.1, 0.15) is 5.75 Å². The van der Waals surface area contributed by atoms with Gasteiger partial charge in [-0.05, 0) is 17.3 Å². The normalized spacial score (nSPS) is 10.4. The van der Waals surface area contributed by atoms with Gasteiger partial charge in [0.05, 0.1) is 5.39 Å². The highest BCUT2D eigenvalue weighted by Crippen LogP contribution is 2.27. The largest absolute Gasteiger partial charge is 0.508 e. The first-order chi connectivity index (χ1) is 7.16. The zero-order valence-corrected chi connectivity index (χ0v) is 7.51. The van der Waals surface area contributed by atoms with Gasteiger partial charge in [0.25, 0.3) is 5.88 Å². The lowest BCUT2D eigenvalue weighted by atomic mass is 10.2. The van der Waals surface area contributed by atoms with Crippen molar-refractivity contribution in [1.29, 1.82) is 0 Å². The topological polar surface area (TPSA) is 92.8 Å². The molecular weight excluding hydrogens is 202 g/mol. The maximum atomic E-state index is 10.3. The van der Waals surface area contributed by atoms with Crippen molar-refractivity contribution in [3.8, 4) is 11.6 Å². The molecule has 15 heavy (non-hydrogen) atoms. The van der Waals surface area contributed by atoms with Crippen molar-refractivity contribution in [2.75, 3.05) is 6.61 Å². The predicted octanol–water partition coefficient (Wildman–Crippen LogP) is 0.997. The van der Waals surface area contributed by atoms with Crippen LogP contribution in [0.3, 0.4) is 0 Å². The number of hydrogen-bond donors (Lipinski definition) is 2. The number of nitrogens with zero attached hydrogens (tertiary/aromatic N) is 1. The summed E-state index contributed by atoms with van der Waals surface area (Å²) in [5.74, 6) is -0.944. The lowest BCUT2D eigenvalue weighted by molar-refractivity contribution is -0.139. The number of aliphatic carboxylic acids is 1. The van der Waals surface area contributed by atoms with E-state index in [1.54, 1.807) is 6.07 Å². The third kappa shape index (κ3) is 1.83. The summed E-state index contributed by atoms with van der Waals surface area (Å²) in [6, 6.07) is 4.35. The van der Waals surface area contributed by atoms with Gasteiger partial charge in [-0.2, -0.15) is 0 Å². The van der Waals surface area contributed by atoms with Crippen molar-refractivity contribution in [1.82, 2.24) is 5.16 Å². The van der Waals surface area contributed by atoms with Crippen LogP contribution in [0.4, 0.5) is 0 Å². The van der Waals surface area contributed by atoms with Crippen LogP contribution in [0.2, 0.25) is 0 Å². The maximum absolute atomic E-state index is 10.3. The Bertz CT molecular complexity index is 504. The molecule has 0 aliphatic carbocycles. The van der Waals surface area contributed by atoms with Gasteiger partial charge in [0.15, 0.2) is 12.2 Å². The molecule has 0 unspecified atom stereocenters. The first kappa shape index (κ1) is 9.32. The number of phenolic OH excluding ortho intramolecular Hbond substituents is 1. The van der Waals surface area contributed by atoms with Gasteiger partial charge in [0, 0.05) is 6.07 Å². The lowest BCUT2D eigenvalue weighted by Crippen LogP contribution is -2.09. The van der Waals surface area contributed by atoms with Crippen molar-refractivity contribution in [3.05, 3.63) is 18.2 Å². The Labute approximate surface area is 83.7 Å². The fourth-order valence-electron chi connectivity index (χ4n) is 1.14. The van der Waals surface area contributed by atoms with E-state index in [2.05, 4.69) is 5.16 Å². The molecule has 6 nitrogen and oxygen atoms in total.